The van der Waals surface area contributed by atoms with Crippen LogP contribution in [0.1, 0.15) is 54.2 Å². The number of carbonyl (C=O) groups is 2. The van der Waals surface area contributed by atoms with Crippen LogP contribution in [0.25, 0.3) is 0 Å². The molecule has 110 valence electrons. The summed E-state index contributed by atoms with van der Waals surface area (Å²) >= 11 is 1.53. The molecule has 1 aliphatic carbocycles. The first-order chi connectivity index (χ1) is 9.26. The van der Waals surface area contributed by atoms with Gasteiger partial charge in [0.1, 0.15) is 11.6 Å². The summed E-state index contributed by atoms with van der Waals surface area (Å²) in [5.41, 5.74) is 0.741. The van der Waals surface area contributed by atoms with Gasteiger partial charge < -0.3 is 10.1 Å². The third kappa shape index (κ3) is 3.60. The minimum absolute atomic E-state index is 0.192. The lowest BCUT2D eigenvalue weighted by Crippen LogP contribution is -2.42. The Hall–Kier alpha value is -1.36. The highest BCUT2D eigenvalue weighted by Gasteiger charge is 2.25. The summed E-state index contributed by atoms with van der Waals surface area (Å²) in [6.45, 7) is 7.07. The Kier molecular flexibility index (Phi) is 4.18. The van der Waals surface area contributed by atoms with Gasteiger partial charge in [0.2, 0.25) is 0 Å². The predicted molar refractivity (Wildman–Crippen MR) is 79.1 cm³/mol. The summed E-state index contributed by atoms with van der Waals surface area (Å²) < 4.78 is 5.25. The lowest BCUT2D eigenvalue weighted by Gasteiger charge is -2.22. The van der Waals surface area contributed by atoms with E-state index >= 15 is 0 Å². The average Bonchev–Trinajstić information content (AvgIpc) is 2.85. The highest BCUT2D eigenvalue weighted by atomic mass is 32.1. The summed E-state index contributed by atoms with van der Waals surface area (Å²) in [5, 5.41) is 2.70. The van der Waals surface area contributed by atoms with Gasteiger partial charge in [0.05, 0.1) is 4.88 Å². The molecule has 0 saturated heterocycles. The first-order valence-corrected chi connectivity index (χ1v) is 7.73. The molecule has 1 N–H and O–H groups in total. The second-order valence-corrected chi connectivity index (χ2v) is 7.28. The minimum Gasteiger partial charge on any atom is -0.458 e. The Labute approximate surface area is 123 Å². The van der Waals surface area contributed by atoms with Crippen LogP contribution < -0.4 is 5.32 Å². The number of fused-ring (bicyclic) bond motifs is 1. The van der Waals surface area contributed by atoms with Crippen molar-refractivity contribution in [2.24, 2.45) is 0 Å². The zero-order valence-corrected chi connectivity index (χ0v) is 13.2. The summed E-state index contributed by atoms with van der Waals surface area (Å²) in [6, 6.07) is 1.31. The molecule has 20 heavy (non-hydrogen) atoms. The fraction of sp³-hybridized carbons (Fsp3) is 0.600. The second-order valence-electron chi connectivity index (χ2n) is 6.14. The van der Waals surface area contributed by atoms with Crippen molar-refractivity contribution in [2.75, 3.05) is 0 Å². The van der Waals surface area contributed by atoms with Crippen LogP contribution >= 0.6 is 11.3 Å². The lowest BCUT2D eigenvalue weighted by atomic mass is 10.2. The van der Waals surface area contributed by atoms with E-state index in [0.717, 1.165) is 12.8 Å². The van der Waals surface area contributed by atoms with Crippen molar-refractivity contribution in [1.82, 2.24) is 5.32 Å². The molecule has 1 aromatic rings. The van der Waals surface area contributed by atoms with Crippen LogP contribution in [0.3, 0.4) is 0 Å². The number of aryl methyl sites for hydroxylation is 2. The molecule has 0 aromatic carbocycles. The van der Waals surface area contributed by atoms with Crippen LogP contribution in [0.4, 0.5) is 0 Å². The molecule has 0 unspecified atom stereocenters. The number of ether oxygens (including phenoxy) is 1. The van der Waals surface area contributed by atoms with Crippen molar-refractivity contribution in [2.45, 2.75) is 58.6 Å². The molecular formula is C15H21NO3S. The van der Waals surface area contributed by atoms with Crippen LogP contribution in [0.2, 0.25) is 0 Å². The minimum atomic E-state index is -0.640. The van der Waals surface area contributed by atoms with E-state index in [1.165, 1.54) is 28.2 Å². The fourth-order valence-electron chi connectivity index (χ4n) is 2.16. The van der Waals surface area contributed by atoms with E-state index in [4.69, 9.17) is 4.74 Å². The number of hydrogen-bond acceptors (Lipinski definition) is 4. The number of esters is 1. The fourth-order valence-corrected chi connectivity index (χ4v) is 3.31. The number of amides is 1. The van der Waals surface area contributed by atoms with Gasteiger partial charge in [-0.2, -0.15) is 0 Å². The molecule has 0 radical (unpaired) electrons. The van der Waals surface area contributed by atoms with Gasteiger partial charge in [0, 0.05) is 4.88 Å². The van der Waals surface area contributed by atoms with Crippen LogP contribution in [-0.2, 0) is 22.4 Å². The topological polar surface area (TPSA) is 55.4 Å². The van der Waals surface area contributed by atoms with Gasteiger partial charge in [-0.15, -0.1) is 11.3 Å². The molecule has 1 amide bonds. The third-order valence-corrected chi connectivity index (χ3v) is 4.31. The van der Waals surface area contributed by atoms with Crippen molar-refractivity contribution in [3.8, 4) is 0 Å². The number of rotatable bonds is 3. The normalized spacial score (nSPS) is 15.6. The van der Waals surface area contributed by atoms with Gasteiger partial charge in [0.25, 0.3) is 5.91 Å². The monoisotopic (exact) mass is 295 g/mol. The van der Waals surface area contributed by atoms with E-state index in [0.29, 0.717) is 4.88 Å². The van der Waals surface area contributed by atoms with Gasteiger partial charge >= 0.3 is 5.97 Å². The van der Waals surface area contributed by atoms with Gasteiger partial charge in [-0.05, 0) is 58.6 Å². The maximum Gasteiger partial charge on any atom is 0.328 e. The number of nitrogens with one attached hydrogen (secondary N) is 1. The molecule has 0 spiro atoms. The van der Waals surface area contributed by atoms with E-state index in [-0.39, 0.29) is 5.91 Å². The number of carbonyl (C=O) groups excluding carboxylic acids is 2. The number of thiophene rings is 1. The summed E-state index contributed by atoms with van der Waals surface area (Å²) in [4.78, 5) is 25.9. The quantitative estimate of drug-likeness (QED) is 0.872. The zero-order valence-electron chi connectivity index (χ0n) is 12.4. The van der Waals surface area contributed by atoms with Gasteiger partial charge in [-0.3, -0.25) is 4.79 Å². The molecule has 1 heterocycles. The van der Waals surface area contributed by atoms with Crippen LogP contribution in [-0.4, -0.2) is 23.5 Å². The highest BCUT2D eigenvalue weighted by molar-refractivity contribution is 7.14. The van der Waals surface area contributed by atoms with Crippen molar-refractivity contribution < 1.29 is 14.3 Å². The molecule has 4 nitrogen and oxygen atoms in total. The largest absolute Gasteiger partial charge is 0.458 e. The Bertz CT molecular complexity index is 506. The van der Waals surface area contributed by atoms with Gasteiger partial charge in [-0.25, -0.2) is 4.79 Å². The smallest absolute Gasteiger partial charge is 0.328 e. The van der Waals surface area contributed by atoms with E-state index in [1.54, 1.807) is 6.92 Å². The van der Waals surface area contributed by atoms with Crippen LogP contribution in [0.15, 0.2) is 6.07 Å². The van der Waals surface area contributed by atoms with E-state index in [2.05, 4.69) is 5.32 Å². The lowest BCUT2D eigenvalue weighted by molar-refractivity contribution is -0.156. The SMILES string of the molecule is C[C@H](NC(=O)c1cc2c(s1)CCC2)C(=O)OC(C)(C)C. The molecule has 1 atom stereocenters. The molecular weight excluding hydrogens is 274 g/mol. The standard InChI is InChI=1S/C15H21NO3S/c1-9(14(18)19-15(2,3)4)16-13(17)12-8-10-6-5-7-11(10)20-12/h8-9H,5-7H2,1-4H3,(H,16,17)/t9-/m0/s1. The maximum atomic E-state index is 12.1. The Morgan fingerprint density at radius 1 is 1.35 bits per heavy atom. The van der Waals surface area contributed by atoms with Gasteiger partial charge in [0.15, 0.2) is 0 Å². The summed E-state index contributed by atoms with van der Waals surface area (Å²) in [6.07, 6.45) is 3.30. The Morgan fingerprint density at radius 2 is 2.05 bits per heavy atom. The Balaban J connectivity index is 1.95. The van der Waals surface area contributed by atoms with E-state index in [9.17, 15) is 9.59 Å². The van der Waals surface area contributed by atoms with Crippen molar-refractivity contribution >= 4 is 23.2 Å². The van der Waals surface area contributed by atoms with E-state index < -0.39 is 17.6 Å². The molecule has 2 rings (SSSR count). The van der Waals surface area contributed by atoms with Gasteiger partial charge in [-0.1, -0.05) is 0 Å². The predicted octanol–water partition coefficient (Wildman–Crippen LogP) is 2.70. The molecule has 0 aliphatic heterocycles. The zero-order chi connectivity index (χ0) is 14.9. The Morgan fingerprint density at radius 3 is 2.65 bits per heavy atom. The van der Waals surface area contributed by atoms with Crippen molar-refractivity contribution in [3.63, 3.8) is 0 Å². The van der Waals surface area contributed by atoms with Crippen LogP contribution in [0.5, 0.6) is 0 Å². The molecule has 5 heteroatoms. The average molecular weight is 295 g/mol. The van der Waals surface area contributed by atoms with Crippen molar-refractivity contribution in [3.05, 3.63) is 21.4 Å². The second kappa shape index (κ2) is 5.56. The number of hydrogen-bond donors (Lipinski definition) is 1. The van der Waals surface area contributed by atoms with Crippen molar-refractivity contribution in [1.29, 1.82) is 0 Å². The summed E-state index contributed by atoms with van der Waals surface area (Å²) in [7, 11) is 0. The highest BCUT2D eigenvalue weighted by Crippen LogP contribution is 2.30. The van der Waals surface area contributed by atoms with E-state index in [1.807, 2.05) is 26.8 Å². The first-order valence-electron chi connectivity index (χ1n) is 6.91. The first kappa shape index (κ1) is 15.0. The molecule has 0 fully saturated rings. The maximum absolute atomic E-state index is 12.1. The molecule has 0 bridgehead atoms. The third-order valence-electron chi connectivity index (χ3n) is 3.08. The molecule has 0 saturated carbocycles. The summed E-state index contributed by atoms with van der Waals surface area (Å²) in [5.74, 6) is -0.599. The molecule has 1 aromatic heterocycles. The molecule has 1 aliphatic rings. The van der Waals surface area contributed by atoms with Crippen LogP contribution in [0, 0.1) is 0 Å².